The maximum atomic E-state index is 9.63. The molecule has 14 heavy (non-hydrogen) atoms. The van der Waals surface area contributed by atoms with Gasteiger partial charge in [-0.3, -0.25) is 0 Å². The second-order valence-corrected chi connectivity index (χ2v) is 1.53. The monoisotopic (exact) mass is 342 g/mol. The normalized spacial score (nSPS) is 11.3. The van der Waals surface area contributed by atoms with Gasteiger partial charge in [0.05, 0.1) is 11.9 Å². The van der Waals surface area contributed by atoms with Crippen molar-refractivity contribution in [3.8, 4) is 0 Å². The van der Waals surface area contributed by atoms with Gasteiger partial charge in [-0.2, -0.15) is 0 Å². The highest BCUT2D eigenvalue weighted by Gasteiger charge is 2.17. The number of aliphatic carboxylic acids is 2. The van der Waals surface area contributed by atoms with E-state index >= 15 is 0 Å². The molecule has 0 bridgehead atoms. The third kappa shape index (κ3) is 9.83. The first-order valence-electron chi connectivity index (χ1n) is 2.24. The van der Waals surface area contributed by atoms with Crippen molar-refractivity contribution in [2.45, 2.75) is 12.2 Å². The highest BCUT2D eigenvalue weighted by Crippen LogP contribution is 1.88. The number of hydrogen-bond acceptors (Lipinski definition) is 6. The van der Waals surface area contributed by atoms with Crippen LogP contribution in [0, 0.1) is 0 Å². The van der Waals surface area contributed by atoms with E-state index in [9.17, 15) is 19.8 Å². The summed E-state index contributed by atoms with van der Waals surface area (Å²) < 4.78 is 0. The van der Waals surface area contributed by atoms with E-state index in [4.69, 9.17) is 10.2 Å². The molecule has 2 atom stereocenters. The minimum absolute atomic E-state index is 0. The van der Waals surface area contributed by atoms with Crippen LogP contribution in [0.15, 0.2) is 0 Å². The molecule has 0 aromatic rings. The number of carbonyl (C=O) groups excluding carboxylic acids is 2. The van der Waals surface area contributed by atoms with E-state index < -0.39 is 24.1 Å². The predicted octanol–water partition coefficient (Wildman–Crippen LogP) is -10.0. The number of carboxylic acid groups (broad SMARTS) is 2. The molecule has 0 aliphatic rings. The summed E-state index contributed by atoms with van der Waals surface area (Å²) in [7, 11) is 0. The molecular formula is C4H12Br2N2O6-2. The zero-order valence-electron chi connectivity index (χ0n) is 7.44. The van der Waals surface area contributed by atoms with Gasteiger partial charge in [0.25, 0.3) is 0 Å². The maximum Gasteiger partial charge on any atom is 0.124 e. The van der Waals surface area contributed by atoms with Gasteiger partial charge in [-0.05, 0) is 0 Å². The standard InChI is InChI=1S/C4H6O6.2BrH.2H3N/c5-1(3(7)8)2(6)4(9)10;;;;/h1-2,5-6H,(H,7,8)(H,9,10);2*1H;2*1H3/p-2. The van der Waals surface area contributed by atoms with Gasteiger partial charge in [-0.15, -0.1) is 0 Å². The van der Waals surface area contributed by atoms with Crippen LogP contribution in [0.3, 0.4) is 0 Å². The number of halogens is 2. The van der Waals surface area contributed by atoms with Gasteiger partial charge in [-0.25, -0.2) is 0 Å². The van der Waals surface area contributed by atoms with Crippen molar-refractivity contribution in [3.63, 3.8) is 0 Å². The molecule has 0 aliphatic heterocycles. The van der Waals surface area contributed by atoms with Gasteiger partial charge in [-0.1, -0.05) is 0 Å². The van der Waals surface area contributed by atoms with Crippen molar-refractivity contribution in [1.82, 2.24) is 12.3 Å². The molecule has 90 valence electrons. The average molecular weight is 344 g/mol. The predicted molar refractivity (Wildman–Crippen MR) is 34.0 cm³/mol. The van der Waals surface area contributed by atoms with Crippen molar-refractivity contribution in [1.29, 1.82) is 0 Å². The second-order valence-electron chi connectivity index (χ2n) is 1.53. The third-order valence-electron chi connectivity index (χ3n) is 0.782. The van der Waals surface area contributed by atoms with Crippen molar-refractivity contribution in [3.05, 3.63) is 0 Å². The zero-order chi connectivity index (χ0) is 8.31. The van der Waals surface area contributed by atoms with Crippen molar-refractivity contribution < 1.29 is 64.0 Å². The fourth-order valence-electron chi connectivity index (χ4n) is 0.258. The summed E-state index contributed by atoms with van der Waals surface area (Å²) >= 11 is 0. The van der Waals surface area contributed by atoms with Gasteiger partial charge in [0.15, 0.2) is 0 Å². The van der Waals surface area contributed by atoms with Gasteiger partial charge in [0, 0.05) is 0 Å². The Morgan fingerprint density at radius 3 is 1.07 bits per heavy atom. The Balaban J connectivity index is -0.0000000675. The van der Waals surface area contributed by atoms with E-state index in [1.165, 1.54) is 0 Å². The number of aliphatic hydroxyl groups excluding tert-OH is 2. The number of hydrogen-bond donors (Lipinski definition) is 4. The summed E-state index contributed by atoms with van der Waals surface area (Å²) in [5, 5.41) is 35.7. The van der Waals surface area contributed by atoms with E-state index in [2.05, 4.69) is 0 Å². The Bertz CT molecular complexity index is 150. The van der Waals surface area contributed by atoms with Crippen LogP contribution >= 0.6 is 0 Å². The molecule has 10 N–H and O–H groups in total. The molecule has 0 saturated carbocycles. The Morgan fingerprint density at radius 1 is 0.857 bits per heavy atom. The van der Waals surface area contributed by atoms with E-state index in [0.29, 0.717) is 0 Å². The zero-order valence-corrected chi connectivity index (χ0v) is 10.6. The van der Waals surface area contributed by atoms with Crippen LogP contribution in [0.25, 0.3) is 0 Å². The summed E-state index contributed by atoms with van der Waals surface area (Å²) in [6.07, 6.45) is -4.88. The summed E-state index contributed by atoms with van der Waals surface area (Å²) in [6.45, 7) is 0. The number of quaternary nitrogens is 2. The van der Waals surface area contributed by atoms with Gasteiger partial charge < -0.3 is 76.3 Å². The lowest BCUT2D eigenvalue weighted by molar-refractivity contribution is -0.333. The van der Waals surface area contributed by atoms with Crippen LogP contribution in [0.4, 0.5) is 0 Å². The highest BCUT2D eigenvalue weighted by atomic mass is 79.9. The van der Waals surface area contributed by atoms with Crippen molar-refractivity contribution >= 4 is 11.9 Å². The summed E-state index contributed by atoms with van der Waals surface area (Å²) in [6, 6.07) is 0. The van der Waals surface area contributed by atoms with Crippen LogP contribution in [0.2, 0.25) is 0 Å². The Kier molecular flexibility index (Phi) is 26.6. The maximum absolute atomic E-state index is 9.63. The fraction of sp³-hybridized carbons (Fsp3) is 0.500. The molecule has 0 aliphatic carbocycles. The van der Waals surface area contributed by atoms with E-state index in [1.807, 2.05) is 0 Å². The molecule has 0 radical (unpaired) electrons. The number of rotatable bonds is 3. The molecule has 8 nitrogen and oxygen atoms in total. The highest BCUT2D eigenvalue weighted by molar-refractivity contribution is 5.80. The van der Waals surface area contributed by atoms with Gasteiger partial charge in [0.1, 0.15) is 12.2 Å². The number of carbonyl (C=O) groups is 2. The molecule has 0 aromatic carbocycles. The topological polar surface area (TPSA) is 194 Å². The summed E-state index contributed by atoms with van der Waals surface area (Å²) in [5.41, 5.74) is 0. The first kappa shape index (κ1) is 29.2. The lowest BCUT2D eigenvalue weighted by atomic mass is 10.2. The van der Waals surface area contributed by atoms with Crippen LogP contribution in [0.1, 0.15) is 0 Å². The minimum Gasteiger partial charge on any atom is -1.00 e. The molecule has 0 aromatic heterocycles. The molecule has 0 spiro atoms. The lowest BCUT2D eigenvalue weighted by Gasteiger charge is -2.18. The van der Waals surface area contributed by atoms with Gasteiger partial charge in [0.2, 0.25) is 0 Å². The molecule has 0 amide bonds. The average Bonchev–Trinajstić information content (AvgIpc) is 1.84. The molecule has 0 heterocycles. The number of carboxylic acids is 2. The van der Waals surface area contributed by atoms with Crippen molar-refractivity contribution in [2.24, 2.45) is 0 Å². The van der Waals surface area contributed by atoms with E-state index in [1.54, 1.807) is 0 Å². The molecule has 2 unspecified atom stereocenters. The van der Waals surface area contributed by atoms with Crippen molar-refractivity contribution in [2.75, 3.05) is 0 Å². The van der Waals surface area contributed by atoms with Crippen LogP contribution < -0.4 is 56.5 Å². The quantitative estimate of drug-likeness (QED) is 0.392. The largest absolute Gasteiger partial charge is 1.00 e. The first-order chi connectivity index (χ1) is 4.46. The number of aliphatic hydroxyl groups is 2. The summed E-state index contributed by atoms with van der Waals surface area (Å²) in [4.78, 5) is 19.3. The first-order valence-corrected chi connectivity index (χ1v) is 2.24. The molecule has 0 fully saturated rings. The van der Waals surface area contributed by atoms with E-state index in [-0.39, 0.29) is 46.3 Å². The molecular weight excluding hydrogens is 332 g/mol. The van der Waals surface area contributed by atoms with E-state index in [0.717, 1.165) is 0 Å². The minimum atomic E-state index is -2.44. The fourth-order valence-corrected chi connectivity index (χ4v) is 0.258. The smallest absolute Gasteiger partial charge is 0.124 e. The Hall–Kier alpha value is -0.260. The Labute approximate surface area is 101 Å². The molecule has 0 rings (SSSR count). The van der Waals surface area contributed by atoms with Crippen LogP contribution in [-0.4, -0.2) is 34.4 Å². The lowest BCUT2D eigenvalue weighted by Crippen LogP contribution is -3.00. The summed E-state index contributed by atoms with van der Waals surface area (Å²) in [5.74, 6) is -4.12. The molecule has 10 heteroatoms. The van der Waals surface area contributed by atoms with Crippen LogP contribution in [0.5, 0.6) is 0 Å². The third-order valence-corrected chi connectivity index (χ3v) is 0.782. The Morgan fingerprint density at radius 2 is 1.00 bits per heavy atom. The SMILES string of the molecule is O=C([O-])C(O)C(O)C(=O)[O-].[Br-].[Br-].[NH4+].[NH4+]. The van der Waals surface area contributed by atoms with Gasteiger partial charge >= 0.3 is 0 Å². The molecule has 0 saturated heterocycles. The van der Waals surface area contributed by atoms with Crippen LogP contribution in [-0.2, 0) is 9.59 Å². The second kappa shape index (κ2) is 12.7.